The molecule has 4 aliphatic rings. The molecule has 0 spiro atoms. The average molecular weight is 288 g/mol. The van der Waals surface area contributed by atoms with E-state index in [1.54, 1.807) is 0 Å². The van der Waals surface area contributed by atoms with Crippen LogP contribution < -0.4 is 0 Å². The highest BCUT2D eigenvalue weighted by molar-refractivity contribution is 7.48. The first-order chi connectivity index (χ1) is 9.06. The Bertz CT molecular complexity index is 336. The molecule has 0 aromatic rings. The summed E-state index contributed by atoms with van der Waals surface area (Å²) in [5, 5.41) is 0. The van der Waals surface area contributed by atoms with Crippen molar-refractivity contribution in [3.63, 3.8) is 0 Å². The van der Waals surface area contributed by atoms with E-state index in [-0.39, 0.29) is 5.60 Å². The highest BCUT2D eigenvalue weighted by Gasteiger charge is 2.54. The van der Waals surface area contributed by atoms with E-state index >= 15 is 0 Å². The Hall–Kier alpha value is 0.110. The van der Waals surface area contributed by atoms with Crippen molar-refractivity contribution < 1.29 is 18.1 Å². The summed E-state index contributed by atoms with van der Waals surface area (Å²) < 4.78 is 29.3. The van der Waals surface area contributed by atoms with E-state index in [0.29, 0.717) is 13.2 Å². The Balaban J connectivity index is 1.76. The molecule has 4 rings (SSSR count). The first kappa shape index (κ1) is 14.1. The molecule has 0 amide bonds. The molecule has 19 heavy (non-hydrogen) atoms. The molecule has 4 nitrogen and oxygen atoms in total. The van der Waals surface area contributed by atoms with Gasteiger partial charge in [-0.2, -0.15) is 0 Å². The number of rotatable bonds is 6. The van der Waals surface area contributed by atoms with Crippen LogP contribution in [0.5, 0.6) is 0 Å². The zero-order valence-corrected chi connectivity index (χ0v) is 12.9. The Morgan fingerprint density at radius 3 is 1.74 bits per heavy atom. The fraction of sp³-hybridized carbons (Fsp3) is 1.00. The summed E-state index contributed by atoms with van der Waals surface area (Å²) in [5.74, 6) is 2.30. The Morgan fingerprint density at radius 2 is 1.37 bits per heavy atom. The molecule has 0 aromatic carbocycles. The minimum atomic E-state index is -3.37. The normalized spacial score (nSPS) is 40.8. The molecule has 0 saturated heterocycles. The fourth-order valence-electron chi connectivity index (χ4n) is 4.79. The Morgan fingerprint density at radius 1 is 0.947 bits per heavy atom. The van der Waals surface area contributed by atoms with Crippen molar-refractivity contribution in [2.75, 3.05) is 13.2 Å². The second-order valence-electron chi connectivity index (χ2n) is 6.47. The Labute approximate surface area is 115 Å². The summed E-state index contributed by atoms with van der Waals surface area (Å²) in [6, 6.07) is 0. The summed E-state index contributed by atoms with van der Waals surface area (Å²) in [6.45, 7) is 4.39. The predicted molar refractivity (Wildman–Crippen MR) is 72.8 cm³/mol. The monoisotopic (exact) mass is 288 g/mol. The third-order valence-electron chi connectivity index (χ3n) is 4.86. The van der Waals surface area contributed by atoms with E-state index in [1.165, 1.54) is 19.3 Å². The molecular weight excluding hydrogens is 263 g/mol. The number of phosphoric ester groups is 1. The highest BCUT2D eigenvalue weighted by atomic mass is 31.2. The summed E-state index contributed by atoms with van der Waals surface area (Å²) in [4.78, 5) is 0. The van der Waals surface area contributed by atoms with Crippen molar-refractivity contribution in [3.05, 3.63) is 0 Å². The summed E-state index contributed by atoms with van der Waals surface area (Å²) >= 11 is 0. The van der Waals surface area contributed by atoms with Gasteiger partial charge in [0.15, 0.2) is 0 Å². The van der Waals surface area contributed by atoms with E-state index in [1.807, 2.05) is 13.8 Å². The third-order valence-corrected chi connectivity index (χ3v) is 6.62. The minimum absolute atomic E-state index is 0.228. The maximum Gasteiger partial charge on any atom is 0.475 e. The van der Waals surface area contributed by atoms with Crippen LogP contribution in [0.4, 0.5) is 0 Å². The van der Waals surface area contributed by atoms with Gasteiger partial charge in [0.2, 0.25) is 0 Å². The van der Waals surface area contributed by atoms with Crippen molar-refractivity contribution in [3.8, 4) is 0 Å². The van der Waals surface area contributed by atoms with Gasteiger partial charge < -0.3 is 0 Å². The van der Waals surface area contributed by atoms with Gasteiger partial charge in [0.05, 0.1) is 18.8 Å². The van der Waals surface area contributed by atoms with Gasteiger partial charge in [0, 0.05) is 0 Å². The van der Waals surface area contributed by atoms with E-state index in [0.717, 1.165) is 37.0 Å². The van der Waals surface area contributed by atoms with Crippen molar-refractivity contribution in [2.24, 2.45) is 17.8 Å². The molecule has 5 heteroatoms. The fourth-order valence-corrected chi connectivity index (χ4v) is 6.30. The topological polar surface area (TPSA) is 44.8 Å². The molecule has 4 saturated carbocycles. The van der Waals surface area contributed by atoms with E-state index in [4.69, 9.17) is 13.6 Å². The molecule has 0 atom stereocenters. The standard InChI is InChI=1S/C14H25O4P/c1-3-16-19(15,17-4-2)18-14-8-11-5-12(9-14)7-13(6-11)10-14/h11-13H,3-10H2,1-2H3. The van der Waals surface area contributed by atoms with Gasteiger partial charge in [-0.3, -0.25) is 13.6 Å². The first-order valence-electron chi connectivity index (χ1n) is 7.66. The highest BCUT2D eigenvalue weighted by Crippen LogP contribution is 2.63. The van der Waals surface area contributed by atoms with Crippen molar-refractivity contribution in [1.82, 2.24) is 0 Å². The largest absolute Gasteiger partial charge is 0.475 e. The summed E-state index contributed by atoms with van der Waals surface area (Å²) in [6.07, 6.45) is 7.16. The molecule has 0 unspecified atom stereocenters. The number of hydrogen-bond donors (Lipinski definition) is 0. The van der Waals surface area contributed by atoms with Gasteiger partial charge in [-0.1, -0.05) is 0 Å². The lowest BCUT2D eigenvalue weighted by atomic mass is 9.54. The van der Waals surface area contributed by atoms with E-state index in [9.17, 15) is 4.57 Å². The molecule has 110 valence electrons. The van der Waals surface area contributed by atoms with Crippen LogP contribution in [0.1, 0.15) is 52.4 Å². The number of hydrogen-bond acceptors (Lipinski definition) is 4. The van der Waals surface area contributed by atoms with E-state index in [2.05, 4.69) is 0 Å². The molecule has 4 aliphatic carbocycles. The minimum Gasteiger partial charge on any atom is -0.287 e. The smallest absolute Gasteiger partial charge is 0.287 e. The molecule has 4 fully saturated rings. The van der Waals surface area contributed by atoms with Gasteiger partial charge in [0.1, 0.15) is 0 Å². The van der Waals surface area contributed by atoms with Crippen LogP contribution >= 0.6 is 7.82 Å². The first-order valence-corrected chi connectivity index (χ1v) is 9.12. The third kappa shape index (κ3) is 2.78. The van der Waals surface area contributed by atoms with Gasteiger partial charge in [-0.25, -0.2) is 4.57 Å². The number of phosphoric acid groups is 1. The van der Waals surface area contributed by atoms with Crippen molar-refractivity contribution in [1.29, 1.82) is 0 Å². The summed E-state index contributed by atoms with van der Waals surface area (Å²) in [5.41, 5.74) is -0.228. The zero-order valence-electron chi connectivity index (χ0n) is 12.0. The van der Waals surface area contributed by atoms with Crippen LogP contribution in [-0.2, 0) is 18.1 Å². The maximum absolute atomic E-state index is 12.6. The molecule has 0 N–H and O–H groups in total. The molecule has 0 aliphatic heterocycles. The van der Waals surface area contributed by atoms with Crippen LogP contribution in [0.25, 0.3) is 0 Å². The predicted octanol–water partition coefficient (Wildman–Crippen LogP) is 4.15. The van der Waals surface area contributed by atoms with Gasteiger partial charge in [-0.15, -0.1) is 0 Å². The zero-order chi connectivity index (χ0) is 13.5. The van der Waals surface area contributed by atoms with Crippen LogP contribution in [0.3, 0.4) is 0 Å². The van der Waals surface area contributed by atoms with Gasteiger partial charge >= 0.3 is 7.82 Å². The second kappa shape index (κ2) is 5.14. The Kier molecular flexibility index (Phi) is 3.81. The molecule has 4 bridgehead atoms. The molecule has 0 heterocycles. The van der Waals surface area contributed by atoms with Crippen molar-refractivity contribution >= 4 is 7.82 Å². The molecule has 0 aromatic heterocycles. The summed E-state index contributed by atoms with van der Waals surface area (Å²) in [7, 11) is -3.37. The molecule has 0 radical (unpaired) electrons. The average Bonchev–Trinajstić information content (AvgIpc) is 2.25. The lowest BCUT2D eigenvalue weighted by Gasteiger charge is -2.56. The van der Waals surface area contributed by atoms with Crippen molar-refractivity contribution in [2.45, 2.75) is 58.0 Å². The second-order valence-corrected chi connectivity index (χ2v) is 8.07. The molecular formula is C14H25O4P. The lowest BCUT2D eigenvalue weighted by molar-refractivity contribution is -0.122. The van der Waals surface area contributed by atoms with Crippen LogP contribution in [0, 0.1) is 17.8 Å². The van der Waals surface area contributed by atoms with Crippen LogP contribution in [-0.4, -0.2) is 18.8 Å². The van der Waals surface area contributed by atoms with Gasteiger partial charge in [-0.05, 0) is 70.1 Å². The van der Waals surface area contributed by atoms with E-state index < -0.39 is 7.82 Å². The van der Waals surface area contributed by atoms with Crippen LogP contribution in [0.2, 0.25) is 0 Å². The maximum atomic E-state index is 12.6. The van der Waals surface area contributed by atoms with Crippen LogP contribution in [0.15, 0.2) is 0 Å². The lowest BCUT2D eigenvalue weighted by Crippen LogP contribution is -2.51. The van der Waals surface area contributed by atoms with Gasteiger partial charge in [0.25, 0.3) is 0 Å². The SMILES string of the molecule is CCOP(=O)(OCC)OC12CC3CC(CC(C3)C1)C2. The quantitative estimate of drug-likeness (QED) is 0.689.